The van der Waals surface area contributed by atoms with Gasteiger partial charge in [-0.05, 0) is 29.8 Å². The van der Waals surface area contributed by atoms with Crippen LogP contribution in [0.15, 0.2) is 48.5 Å². The van der Waals surface area contributed by atoms with Crippen LogP contribution < -0.4 is 10.6 Å². The Bertz CT molecular complexity index is 717. The fourth-order valence-electron chi connectivity index (χ4n) is 2.09. The SMILES string of the molecule is CN(Cc1ccccc1C#CCN)c1cccc(C#N)c1. The molecule has 104 valence electrons. The van der Waals surface area contributed by atoms with Crippen molar-refractivity contribution in [2.75, 3.05) is 18.5 Å². The number of nitriles is 1. The van der Waals surface area contributed by atoms with Crippen LogP contribution in [-0.4, -0.2) is 13.6 Å². The first-order chi connectivity index (χ1) is 10.2. The predicted octanol–water partition coefficient (Wildman–Crippen LogP) is 2.50. The van der Waals surface area contributed by atoms with E-state index in [2.05, 4.69) is 28.9 Å². The summed E-state index contributed by atoms with van der Waals surface area (Å²) in [6.45, 7) is 1.08. The third-order valence-corrected chi connectivity index (χ3v) is 3.17. The summed E-state index contributed by atoms with van der Waals surface area (Å²) in [7, 11) is 2.00. The van der Waals surface area contributed by atoms with Crippen molar-refractivity contribution in [3.63, 3.8) is 0 Å². The summed E-state index contributed by atoms with van der Waals surface area (Å²) in [5.41, 5.74) is 9.24. The second-order valence-corrected chi connectivity index (χ2v) is 4.68. The molecule has 21 heavy (non-hydrogen) atoms. The summed E-state index contributed by atoms with van der Waals surface area (Å²) < 4.78 is 0. The molecule has 0 aliphatic carbocycles. The average Bonchev–Trinajstić information content (AvgIpc) is 2.54. The molecule has 0 heterocycles. The largest absolute Gasteiger partial charge is 0.370 e. The number of anilines is 1. The first-order valence-corrected chi connectivity index (χ1v) is 6.72. The van der Waals surface area contributed by atoms with Gasteiger partial charge in [-0.3, -0.25) is 0 Å². The third-order valence-electron chi connectivity index (χ3n) is 3.17. The molecule has 0 spiro atoms. The number of rotatable bonds is 3. The van der Waals surface area contributed by atoms with Crippen LogP contribution in [0.4, 0.5) is 5.69 Å². The van der Waals surface area contributed by atoms with E-state index in [1.165, 1.54) is 0 Å². The van der Waals surface area contributed by atoms with E-state index in [9.17, 15) is 0 Å². The van der Waals surface area contributed by atoms with Crippen LogP contribution in [0.5, 0.6) is 0 Å². The highest BCUT2D eigenvalue weighted by molar-refractivity contribution is 5.52. The Morgan fingerprint density at radius 3 is 2.71 bits per heavy atom. The van der Waals surface area contributed by atoms with Gasteiger partial charge in [0.15, 0.2) is 0 Å². The molecule has 0 aromatic heterocycles. The summed E-state index contributed by atoms with van der Waals surface area (Å²) in [6, 6.07) is 17.8. The highest BCUT2D eigenvalue weighted by Crippen LogP contribution is 2.18. The molecule has 2 aromatic rings. The van der Waals surface area contributed by atoms with Crippen molar-refractivity contribution in [1.29, 1.82) is 5.26 Å². The molecule has 2 rings (SSSR count). The zero-order chi connectivity index (χ0) is 15.1. The van der Waals surface area contributed by atoms with Crippen molar-refractivity contribution in [1.82, 2.24) is 0 Å². The minimum absolute atomic E-state index is 0.356. The molecular formula is C18H17N3. The summed E-state index contributed by atoms with van der Waals surface area (Å²) in [4.78, 5) is 2.10. The molecule has 0 atom stereocenters. The van der Waals surface area contributed by atoms with Gasteiger partial charge >= 0.3 is 0 Å². The zero-order valence-corrected chi connectivity index (χ0v) is 12.0. The Morgan fingerprint density at radius 1 is 1.14 bits per heavy atom. The smallest absolute Gasteiger partial charge is 0.0992 e. The Morgan fingerprint density at radius 2 is 1.95 bits per heavy atom. The fourth-order valence-corrected chi connectivity index (χ4v) is 2.09. The maximum atomic E-state index is 8.98. The van der Waals surface area contributed by atoms with Crippen LogP contribution >= 0.6 is 0 Å². The van der Waals surface area contributed by atoms with Crippen LogP contribution in [0.3, 0.4) is 0 Å². The van der Waals surface area contributed by atoms with Gasteiger partial charge < -0.3 is 10.6 Å². The molecule has 2 N–H and O–H groups in total. The molecule has 0 aliphatic rings. The molecule has 2 aromatic carbocycles. The predicted molar refractivity (Wildman–Crippen MR) is 85.6 cm³/mol. The molecule has 0 bridgehead atoms. The summed E-state index contributed by atoms with van der Waals surface area (Å²) >= 11 is 0. The highest BCUT2D eigenvalue weighted by atomic mass is 15.1. The van der Waals surface area contributed by atoms with Gasteiger partial charge in [0.25, 0.3) is 0 Å². The standard InChI is InChI=1S/C18H17N3/c1-21(18-10-4-6-15(12-18)13-20)14-17-8-3-2-7-16(17)9-5-11-19/h2-4,6-8,10,12H,11,14,19H2,1H3. The molecule has 0 saturated heterocycles. The highest BCUT2D eigenvalue weighted by Gasteiger charge is 2.05. The van der Waals surface area contributed by atoms with E-state index in [1.54, 1.807) is 6.07 Å². The Hall–Kier alpha value is -2.75. The van der Waals surface area contributed by atoms with Crippen molar-refractivity contribution in [3.8, 4) is 17.9 Å². The van der Waals surface area contributed by atoms with E-state index in [0.29, 0.717) is 12.1 Å². The lowest BCUT2D eigenvalue weighted by Gasteiger charge is -2.20. The van der Waals surface area contributed by atoms with E-state index in [1.807, 2.05) is 43.4 Å². The molecular weight excluding hydrogens is 258 g/mol. The van der Waals surface area contributed by atoms with Gasteiger partial charge in [0.1, 0.15) is 0 Å². The van der Waals surface area contributed by atoms with E-state index in [0.717, 1.165) is 23.4 Å². The summed E-state index contributed by atoms with van der Waals surface area (Å²) in [6.07, 6.45) is 0. The van der Waals surface area contributed by atoms with E-state index in [-0.39, 0.29) is 0 Å². The summed E-state index contributed by atoms with van der Waals surface area (Å²) in [5.74, 6) is 5.99. The lowest BCUT2D eigenvalue weighted by Crippen LogP contribution is -2.17. The maximum Gasteiger partial charge on any atom is 0.0992 e. The van der Waals surface area contributed by atoms with Crippen molar-refractivity contribution >= 4 is 5.69 Å². The minimum atomic E-state index is 0.356. The normalized spacial score (nSPS) is 9.38. The molecule has 0 radical (unpaired) electrons. The molecule has 0 fully saturated rings. The zero-order valence-electron chi connectivity index (χ0n) is 12.0. The van der Waals surface area contributed by atoms with Gasteiger partial charge in [-0.15, -0.1) is 0 Å². The minimum Gasteiger partial charge on any atom is -0.370 e. The van der Waals surface area contributed by atoms with Gasteiger partial charge in [0.2, 0.25) is 0 Å². The van der Waals surface area contributed by atoms with E-state index in [4.69, 9.17) is 11.0 Å². The van der Waals surface area contributed by atoms with Crippen molar-refractivity contribution in [2.45, 2.75) is 6.54 Å². The second kappa shape index (κ2) is 7.14. The second-order valence-electron chi connectivity index (χ2n) is 4.68. The molecule has 0 aliphatic heterocycles. The topological polar surface area (TPSA) is 53.0 Å². The first-order valence-electron chi connectivity index (χ1n) is 6.72. The van der Waals surface area contributed by atoms with Crippen LogP contribution in [0.1, 0.15) is 16.7 Å². The lowest BCUT2D eigenvalue weighted by atomic mass is 10.1. The molecule has 0 saturated carbocycles. The van der Waals surface area contributed by atoms with Gasteiger partial charge in [0, 0.05) is 24.8 Å². The molecule has 3 heteroatoms. The maximum absolute atomic E-state index is 8.98. The van der Waals surface area contributed by atoms with Crippen molar-refractivity contribution in [3.05, 3.63) is 65.2 Å². The molecule has 0 amide bonds. The van der Waals surface area contributed by atoms with Gasteiger partial charge in [0.05, 0.1) is 18.2 Å². The van der Waals surface area contributed by atoms with Crippen LogP contribution in [0.25, 0.3) is 0 Å². The van der Waals surface area contributed by atoms with Gasteiger partial charge in [-0.1, -0.05) is 36.1 Å². The number of nitrogens with two attached hydrogens (primary N) is 1. The average molecular weight is 275 g/mol. The number of nitrogens with zero attached hydrogens (tertiary/aromatic N) is 2. The first kappa shape index (κ1) is 14.7. The number of hydrogen-bond donors (Lipinski definition) is 1. The number of hydrogen-bond acceptors (Lipinski definition) is 3. The van der Waals surface area contributed by atoms with Gasteiger partial charge in [-0.2, -0.15) is 5.26 Å². The van der Waals surface area contributed by atoms with Crippen LogP contribution in [0, 0.1) is 23.2 Å². The Kier molecular flexibility index (Phi) is 4.99. The van der Waals surface area contributed by atoms with Gasteiger partial charge in [-0.25, -0.2) is 0 Å². The van der Waals surface area contributed by atoms with E-state index >= 15 is 0 Å². The monoisotopic (exact) mass is 275 g/mol. The third kappa shape index (κ3) is 3.86. The summed E-state index contributed by atoms with van der Waals surface area (Å²) in [5, 5.41) is 8.98. The molecule has 3 nitrogen and oxygen atoms in total. The van der Waals surface area contributed by atoms with Crippen LogP contribution in [0.2, 0.25) is 0 Å². The molecule has 0 unspecified atom stereocenters. The lowest BCUT2D eigenvalue weighted by molar-refractivity contribution is 0.920. The van der Waals surface area contributed by atoms with Crippen molar-refractivity contribution in [2.24, 2.45) is 5.73 Å². The van der Waals surface area contributed by atoms with Crippen molar-refractivity contribution < 1.29 is 0 Å². The van der Waals surface area contributed by atoms with Crippen LogP contribution in [-0.2, 0) is 6.54 Å². The fraction of sp³-hybridized carbons (Fsp3) is 0.167. The Labute approximate surface area is 125 Å². The van der Waals surface area contributed by atoms with E-state index < -0.39 is 0 Å². The quantitative estimate of drug-likeness (QED) is 0.876. The number of benzene rings is 2. The Balaban J connectivity index is 2.23.